The Labute approximate surface area is 177 Å². The molecule has 0 bridgehead atoms. The zero-order valence-electron chi connectivity index (χ0n) is 16.9. The van der Waals surface area contributed by atoms with Crippen molar-refractivity contribution in [2.45, 2.75) is 25.8 Å². The molecule has 3 heterocycles. The van der Waals surface area contributed by atoms with Gasteiger partial charge in [0.1, 0.15) is 12.2 Å². The van der Waals surface area contributed by atoms with E-state index < -0.39 is 23.7 Å². The fourth-order valence-electron chi connectivity index (χ4n) is 2.85. The number of alkyl halides is 2. The molecule has 0 aliphatic rings. The van der Waals surface area contributed by atoms with Crippen molar-refractivity contribution in [2.24, 2.45) is 0 Å². The van der Waals surface area contributed by atoms with Gasteiger partial charge in [0.2, 0.25) is 5.91 Å². The summed E-state index contributed by atoms with van der Waals surface area (Å²) in [5.41, 5.74) is 0.397. The van der Waals surface area contributed by atoms with Crippen molar-refractivity contribution >= 4 is 11.7 Å². The van der Waals surface area contributed by atoms with E-state index in [4.69, 9.17) is 0 Å². The van der Waals surface area contributed by atoms with Gasteiger partial charge in [-0.3, -0.25) is 24.1 Å². The number of nitrogens with zero attached hydrogens (tertiary/aromatic N) is 4. The number of nitrogens with one attached hydrogen (secondary N) is 2. The fraction of sp³-hybridized carbons (Fsp3) is 0.286. The standard InChI is InChI=1S/C21H22F2N6O2/c1-15-12-27-19(28-14-21(22,23)17-4-2-3-8-25-17)20(31)29(15)13-18(30)26-11-7-16-5-9-24-10-6-16/h2-6,8-10,12H,7,11,13-14H2,1H3,(H,26,30)(H,27,28). The van der Waals surface area contributed by atoms with Crippen LogP contribution in [0.15, 0.2) is 59.9 Å². The lowest BCUT2D eigenvalue weighted by atomic mass is 10.2. The van der Waals surface area contributed by atoms with Gasteiger partial charge in [-0.1, -0.05) is 6.07 Å². The Morgan fingerprint density at radius 1 is 1.13 bits per heavy atom. The number of carbonyl (C=O) groups excluding carboxylic acids is 1. The first kappa shape index (κ1) is 22.0. The Kier molecular flexibility index (Phi) is 7.01. The average Bonchev–Trinajstić information content (AvgIpc) is 2.77. The highest BCUT2D eigenvalue weighted by atomic mass is 19.3. The first-order valence-corrected chi connectivity index (χ1v) is 9.62. The molecule has 0 spiro atoms. The molecule has 3 aromatic rings. The van der Waals surface area contributed by atoms with E-state index in [1.165, 1.54) is 35.2 Å². The molecule has 0 aliphatic carbocycles. The first-order chi connectivity index (χ1) is 14.9. The van der Waals surface area contributed by atoms with Crippen LogP contribution in [-0.2, 0) is 23.7 Å². The van der Waals surface area contributed by atoms with E-state index in [-0.39, 0.29) is 18.3 Å². The zero-order valence-corrected chi connectivity index (χ0v) is 16.9. The monoisotopic (exact) mass is 428 g/mol. The van der Waals surface area contributed by atoms with Crippen LogP contribution in [0.25, 0.3) is 0 Å². The molecular weight excluding hydrogens is 406 g/mol. The van der Waals surface area contributed by atoms with E-state index in [1.54, 1.807) is 19.3 Å². The third kappa shape index (κ3) is 5.91. The molecule has 3 aromatic heterocycles. The van der Waals surface area contributed by atoms with Crippen molar-refractivity contribution in [3.8, 4) is 0 Å². The van der Waals surface area contributed by atoms with Gasteiger partial charge in [-0.2, -0.15) is 8.78 Å². The van der Waals surface area contributed by atoms with Crippen molar-refractivity contribution in [2.75, 3.05) is 18.4 Å². The van der Waals surface area contributed by atoms with E-state index >= 15 is 0 Å². The molecule has 1 amide bonds. The average molecular weight is 428 g/mol. The summed E-state index contributed by atoms with van der Waals surface area (Å²) >= 11 is 0. The maximum absolute atomic E-state index is 14.3. The van der Waals surface area contributed by atoms with Crippen LogP contribution in [0.1, 0.15) is 17.0 Å². The number of carbonyl (C=O) groups is 1. The third-order valence-corrected chi connectivity index (χ3v) is 4.56. The second-order valence-corrected chi connectivity index (χ2v) is 6.87. The molecule has 0 radical (unpaired) electrons. The molecule has 31 heavy (non-hydrogen) atoms. The van der Waals surface area contributed by atoms with Gasteiger partial charge < -0.3 is 10.6 Å². The summed E-state index contributed by atoms with van der Waals surface area (Å²) in [5, 5.41) is 5.13. The number of pyridine rings is 2. The van der Waals surface area contributed by atoms with Crippen LogP contribution in [0.2, 0.25) is 0 Å². The minimum atomic E-state index is -3.30. The summed E-state index contributed by atoms with van der Waals surface area (Å²) in [6.45, 7) is 0.913. The molecule has 8 nitrogen and oxygen atoms in total. The molecule has 0 saturated carbocycles. The Balaban J connectivity index is 1.62. The summed E-state index contributed by atoms with van der Waals surface area (Å²) in [7, 11) is 0. The van der Waals surface area contributed by atoms with Crippen molar-refractivity contribution in [3.63, 3.8) is 0 Å². The number of aryl methyl sites for hydroxylation is 1. The van der Waals surface area contributed by atoms with Crippen LogP contribution >= 0.6 is 0 Å². The lowest BCUT2D eigenvalue weighted by molar-refractivity contribution is -0.121. The lowest BCUT2D eigenvalue weighted by Crippen LogP contribution is -2.36. The van der Waals surface area contributed by atoms with Gasteiger partial charge in [0, 0.05) is 37.0 Å². The molecular formula is C21H22F2N6O2. The van der Waals surface area contributed by atoms with Crippen LogP contribution in [0.4, 0.5) is 14.6 Å². The molecule has 0 aromatic carbocycles. The molecule has 0 unspecified atom stereocenters. The minimum absolute atomic E-state index is 0.241. The molecule has 2 N–H and O–H groups in total. The van der Waals surface area contributed by atoms with Gasteiger partial charge >= 0.3 is 5.92 Å². The number of anilines is 1. The number of aromatic nitrogens is 4. The number of amides is 1. The predicted octanol–water partition coefficient (Wildman–Crippen LogP) is 1.90. The maximum atomic E-state index is 14.3. The Hall–Kier alpha value is -3.69. The largest absolute Gasteiger partial charge is 0.359 e. The predicted molar refractivity (Wildman–Crippen MR) is 111 cm³/mol. The van der Waals surface area contributed by atoms with E-state index in [2.05, 4.69) is 25.6 Å². The zero-order chi connectivity index (χ0) is 22.3. The summed E-state index contributed by atoms with van der Waals surface area (Å²) in [5.74, 6) is -3.92. The SMILES string of the molecule is Cc1cnc(NCC(F)(F)c2ccccn2)c(=O)n1CC(=O)NCCc1ccncc1. The summed E-state index contributed by atoms with van der Waals surface area (Å²) in [6, 6.07) is 7.90. The number of rotatable bonds is 9. The first-order valence-electron chi connectivity index (χ1n) is 9.62. The molecule has 0 aliphatic heterocycles. The van der Waals surface area contributed by atoms with Gasteiger partial charge in [0.25, 0.3) is 5.56 Å². The number of halogens is 2. The molecule has 10 heteroatoms. The van der Waals surface area contributed by atoms with Gasteiger partial charge in [-0.05, 0) is 43.2 Å². The van der Waals surface area contributed by atoms with E-state index in [9.17, 15) is 18.4 Å². The van der Waals surface area contributed by atoms with Gasteiger partial charge in [0.05, 0.1) is 6.54 Å². The second-order valence-electron chi connectivity index (χ2n) is 6.87. The van der Waals surface area contributed by atoms with Crippen LogP contribution in [0.3, 0.4) is 0 Å². The molecule has 3 rings (SSSR count). The van der Waals surface area contributed by atoms with Crippen molar-refractivity contribution in [1.29, 1.82) is 0 Å². The third-order valence-electron chi connectivity index (χ3n) is 4.56. The van der Waals surface area contributed by atoms with Crippen molar-refractivity contribution < 1.29 is 13.6 Å². The van der Waals surface area contributed by atoms with Crippen LogP contribution < -0.4 is 16.2 Å². The Bertz CT molecular complexity index is 1070. The van der Waals surface area contributed by atoms with Crippen molar-refractivity contribution in [3.05, 3.63) is 82.4 Å². The van der Waals surface area contributed by atoms with Gasteiger partial charge in [-0.15, -0.1) is 0 Å². The highest BCUT2D eigenvalue weighted by Gasteiger charge is 2.33. The van der Waals surface area contributed by atoms with E-state index in [0.717, 1.165) is 5.56 Å². The van der Waals surface area contributed by atoms with Crippen LogP contribution in [-0.4, -0.2) is 38.5 Å². The smallest absolute Gasteiger partial charge is 0.306 e. The lowest BCUT2D eigenvalue weighted by Gasteiger charge is -2.17. The van der Waals surface area contributed by atoms with E-state index in [0.29, 0.717) is 18.7 Å². The highest BCUT2D eigenvalue weighted by Crippen LogP contribution is 2.25. The van der Waals surface area contributed by atoms with Gasteiger partial charge in [-0.25, -0.2) is 4.98 Å². The van der Waals surface area contributed by atoms with Gasteiger partial charge in [0.15, 0.2) is 5.82 Å². The quantitative estimate of drug-likeness (QED) is 0.540. The molecule has 0 saturated heterocycles. The van der Waals surface area contributed by atoms with Crippen molar-refractivity contribution in [1.82, 2.24) is 24.8 Å². The van der Waals surface area contributed by atoms with Crippen LogP contribution in [0.5, 0.6) is 0 Å². The normalized spacial score (nSPS) is 11.2. The molecule has 162 valence electrons. The number of hydrogen-bond acceptors (Lipinski definition) is 6. The second kappa shape index (κ2) is 9.88. The topological polar surface area (TPSA) is 102 Å². The molecule has 0 fully saturated rings. The number of hydrogen-bond donors (Lipinski definition) is 2. The summed E-state index contributed by atoms with van der Waals surface area (Å²) in [6.07, 6.45) is 6.58. The highest BCUT2D eigenvalue weighted by molar-refractivity contribution is 5.75. The summed E-state index contributed by atoms with van der Waals surface area (Å²) < 4.78 is 29.8. The maximum Gasteiger partial charge on any atom is 0.306 e. The summed E-state index contributed by atoms with van der Waals surface area (Å²) in [4.78, 5) is 36.4. The van der Waals surface area contributed by atoms with Crippen LogP contribution in [0, 0.1) is 6.92 Å². The Morgan fingerprint density at radius 2 is 1.90 bits per heavy atom. The molecule has 0 atom stereocenters. The fourth-order valence-corrected chi connectivity index (χ4v) is 2.85. The van der Waals surface area contributed by atoms with E-state index in [1.807, 2.05) is 12.1 Å². The minimum Gasteiger partial charge on any atom is -0.359 e. The Morgan fingerprint density at radius 3 is 2.61 bits per heavy atom.